The normalized spacial score (nSPS) is 13.1. The maximum Gasteiger partial charge on any atom is 0.410 e. The fourth-order valence-electron chi connectivity index (χ4n) is 4.45. The van der Waals surface area contributed by atoms with Gasteiger partial charge in [-0.2, -0.15) is 0 Å². The number of nitrogens with one attached hydrogen (secondary N) is 1. The zero-order valence-corrected chi connectivity index (χ0v) is 25.3. The molecule has 1 N–H and O–H groups in total. The molecule has 0 saturated heterocycles. The Hall–Kier alpha value is -3.82. The van der Waals surface area contributed by atoms with E-state index in [0.29, 0.717) is 35.1 Å². The van der Waals surface area contributed by atoms with E-state index in [9.17, 15) is 18.8 Å². The summed E-state index contributed by atoms with van der Waals surface area (Å²) in [5, 5.41) is 3.29. The molecule has 0 spiro atoms. The summed E-state index contributed by atoms with van der Waals surface area (Å²) in [6.45, 7) is 6.21. The van der Waals surface area contributed by atoms with E-state index in [0.717, 1.165) is 24.0 Å². The molecule has 0 saturated carbocycles. The Morgan fingerprint density at radius 3 is 2.48 bits per heavy atom. The Morgan fingerprint density at radius 2 is 1.76 bits per heavy atom. The zero-order valence-electron chi connectivity index (χ0n) is 23.8. The van der Waals surface area contributed by atoms with Gasteiger partial charge in [0.25, 0.3) is 0 Å². The van der Waals surface area contributed by atoms with Gasteiger partial charge in [0.1, 0.15) is 22.9 Å². The van der Waals surface area contributed by atoms with E-state index in [4.69, 9.17) is 32.7 Å². The minimum Gasteiger partial charge on any atom is -0.457 e. The molecule has 0 atom stereocenters. The molecule has 8 nitrogen and oxygen atoms in total. The first-order valence-electron chi connectivity index (χ1n) is 13.4. The van der Waals surface area contributed by atoms with Gasteiger partial charge in [-0.1, -0.05) is 29.3 Å². The Morgan fingerprint density at radius 1 is 1.00 bits per heavy atom. The van der Waals surface area contributed by atoms with Gasteiger partial charge in [-0.15, -0.1) is 0 Å². The van der Waals surface area contributed by atoms with Crippen molar-refractivity contribution < 1.29 is 28.2 Å². The number of amides is 3. The highest BCUT2D eigenvalue weighted by Crippen LogP contribution is 2.32. The van der Waals surface area contributed by atoms with Gasteiger partial charge in [-0.25, -0.2) is 9.18 Å². The van der Waals surface area contributed by atoms with Crippen molar-refractivity contribution in [3.8, 4) is 11.5 Å². The molecule has 222 valence electrons. The summed E-state index contributed by atoms with van der Waals surface area (Å²) in [6, 6.07) is 14.0. The Balaban J connectivity index is 1.44. The van der Waals surface area contributed by atoms with Crippen LogP contribution >= 0.6 is 23.2 Å². The van der Waals surface area contributed by atoms with Crippen LogP contribution in [-0.4, -0.2) is 46.9 Å². The molecule has 0 fully saturated rings. The maximum absolute atomic E-state index is 14.1. The molecule has 0 radical (unpaired) electrons. The summed E-state index contributed by atoms with van der Waals surface area (Å²) >= 11 is 12.0. The highest BCUT2D eigenvalue weighted by atomic mass is 35.5. The molecule has 3 aromatic rings. The first kappa shape index (κ1) is 31.1. The van der Waals surface area contributed by atoms with Crippen LogP contribution in [-0.2, 0) is 33.8 Å². The largest absolute Gasteiger partial charge is 0.457 e. The fourth-order valence-corrected chi connectivity index (χ4v) is 4.73. The minimum absolute atomic E-state index is 0.101. The molecular weight excluding hydrogens is 584 g/mol. The van der Waals surface area contributed by atoms with Crippen molar-refractivity contribution >= 4 is 46.8 Å². The standard InChI is InChI=1S/C31H32Cl2FN3O5/c1-31(2,3)42-30(40)37-13-5-6-19-7-9-23(15-20(19)18-37)35-28(38)29(39)36(4)17-21-14-22(34)8-12-27(21)41-24-10-11-25(32)26(33)16-24/h7-12,14-16H,5-6,13,17-18H2,1-4H3,(H,35,38). The van der Waals surface area contributed by atoms with Crippen LogP contribution in [0.3, 0.4) is 0 Å². The number of likely N-dealkylation sites (N-methyl/N-ethyl adjacent to an activating group) is 1. The SMILES string of the molecule is CN(Cc1cc(F)ccc1Oc1ccc(Cl)c(Cl)c1)C(=O)C(=O)Nc1ccc2c(c1)CN(C(=O)OC(C)(C)C)CCC2. The van der Waals surface area contributed by atoms with E-state index in [-0.39, 0.29) is 17.3 Å². The smallest absolute Gasteiger partial charge is 0.410 e. The first-order valence-corrected chi connectivity index (χ1v) is 14.1. The summed E-state index contributed by atoms with van der Waals surface area (Å²) in [6.07, 6.45) is 1.14. The highest BCUT2D eigenvalue weighted by Gasteiger charge is 2.26. The molecule has 0 bridgehead atoms. The van der Waals surface area contributed by atoms with Crippen molar-refractivity contribution in [1.82, 2.24) is 9.80 Å². The number of fused-ring (bicyclic) bond motifs is 1. The van der Waals surface area contributed by atoms with Gasteiger partial charge in [0.2, 0.25) is 0 Å². The average molecular weight is 617 g/mol. The topological polar surface area (TPSA) is 88.2 Å². The Kier molecular flexibility index (Phi) is 9.64. The third-order valence-corrected chi connectivity index (χ3v) is 7.18. The summed E-state index contributed by atoms with van der Waals surface area (Å²) in [5.41, 5.74) is 2.07. The molecule has 0 aliphatic carbocycles. The lowest BCUT2D eigenvalue weighted by Crippen LogP contribution is -2.37. The van der Waals surface area contributed by atoms with Crippen molar-refractivity contribution in [3.63, 3.8) is 0 Å². The van der Waals surface area contributed by atoms with Crippen molar-refractivity contribution in [1.29, 1.82) is 0 Å². The second-order valence-electron chi connectivity index (χ2n) is 11.0. The van der Waals surface area contributed by atoms with Crippen molar-refractivity contribution in [2.75, 3.05) is 18.9 Å². The molecule has 0 unspecified atom stereocenters. The number of ether oxygens (including phenoxy) is 2. The number of aryl methyl sites for hydroxylation is 1. The molecule has 4 rings (SSSR count). The van der Waals surface area contributed by atoms with E-state index < -0.39 is 29.3 Å². The van der Waals surface area contributed by atoms with Gasteiger partial charge in [0.15, 0.2) is 0 Å². The monoisotopic (exact) mass is 615 g/mol. The van der Waals surface area contributed by atoms with E-state index in [1.165, 1.54) is 36.2 Å². The number of hydrogen-bond donors (Lipinski definition) is 1. The molecule has 42 heavy (non-hydrogen) atoms. The van der Waals surface area contributed by atoms with Gasteiger partial charge in [-0.05, 0) is 87.2 Å². The molecular formula is C31H32Cl2FN3O5. The third kappa shape index (κ3) is 8.14. The Bertz CT molecular complexity index is 1510. The quantitative estimate of drug-likeness (QED) is 0.306. The van der Waals surface area contributed by atoms with E-state index >= 15 is 0 Å². The summed E-state index contributed by atoms with van der Waals surface area (Å²) in [4.78, 5) is 41.4. The number of nitrogens with zero attached hydrogens (tertiary/aromatic N) is 2. The lowest BCUT2D eigenvalue weighted by Gasteiger charge is -2.26. The van der Waals surface area contributed by atoms with E-state index in [1.54, 1.807) is 29.2 Å². The van der Waals surface area contributed by atoms with Crippen LogP contribution in [0, 0.1) is 5.82 Å². The molecule has 0 aromatic heterocycles. The maximum atomic E-state index is 14.1. The molecule has 1 aliphatic rings. The van der Waals surface area contributed by atoms with Gasteiger partial charge >= 0.3 is 17.9 Å². The summed E-state index contributed by atoms with van der Waals surface area (Å²) in [5.74, 6) is -1.56. The minimum atomic E-state index is -0.863. The van der Waals surface area contributed by atoms with Gasteiger partial charge in [0.05, 0.1) is 10.0 Å². The second-order valence-corrected chi connectivity index (χ2v) is 11.8. The number of carbonyl (C=O) groups excluding carboxylic acids is 3. The lowest BCUT2D eigenvalue weighted by molar-refractivity contribution is -0.142. The number of anilines is 1. The van der Waals surface area contributed by atoms with Crippen LogP contribution in [0.15, 0.2) is 54.6 Å². The van der Waals surface area contributed by atoms with Crippen LogP contribution in [0.2, 0.25) is 10.0 Å². The van der Waals surface area contributed by atoms with Gasteiger partial charge in [-0.3, -0.25) is 9.59 Å². The average Bonchev–Trinajstić information content (AvgIpc) is 3.13. The lowest BCUT2D eigenvalue weighted by atomic mass is 10.0. The van der Waals surface area contributed by atoms with E-state index in [1.807, 2.05) is 26.8 Å². The number of halogens is 3. The predicted molar refractivity (Wildman–Crippen MR) is 159 cm³/mol. The highest BCUT2D eigenvalue weighted by molar-refractivity contribution is 6.42. The van der Waals surface area contributed by atoms with E-state index in [2.05, 4.69) is 5.32 Å². The molecule has 3 amide bonds. The number of rotatable bonds is 5. The molecule has 3 aromatic carbocycles. The third-order valence-electron chi connectivity index (χ3n) is 6.44. The summed E-state index contributed by atoms with van der Waals surface area (Å²) < 4.78 is 25.5. The summed E-state index contributed by atoms with van der Waals surface area (Å²) in [7, 11) is 1.44. The first-order chi connectivity index (χ1) is 19.8. The Labute approximate surface area is 254 Å². The van der Waals surface area contributed by atoms with Crippen LogP contribution in [0.25, 0.3) is 0 Å². The van der Waals surface area contributed by atoms with Crippen molar-refractivity contribution in [2.24, 2.45) is 0 Å². The molecule has 11 heteroatoms. The zero-order chi connectivity index (χ0) is 30.6. The van der Waals surface area contributed by atoms with Crippen molar-refractivity contribution in [2.45, 2.75) is 52.3 Å². The van der Waals surface area contributed by atoms with Gasteiger partial charge in [0, 0.05) is 44.0 Å². The van der Waals surface area contributed by atoms with Gasteiger partial charge < -0.3 is 24.6 Å². The number of benzene rings is 3. The van der Waals surface area contributed by atoms with Crippen LogP contribution in [0.4, 0.5) is 14.9 Å². The number of hydrogen-bond acceptors (Lipinski definition) is 5. The molecule has 1 aliphatic heterocycles. The second kappa shape index (κ2) is 13.0. The number of carbonyl (C=O) groups is 3. The predicted octanol–water partition coefficient (Wildman–Crippen LogP) is 7.21. The fraction of sp³-hybridized carbons (Fsp3) is 0.323. The van der Waals surface area contributed by atoms with Crippen molar-refractivity contribution in [3.05, 3.63) is 87.2 Å². The van der Waals surface area contributed by atoms with Crippen LogP contribution in [0.5, 0.6) is 11.5 Å². The van der Waals surface area contributed by atoms with Crippen LogP contribution < -0.4 is 10.1 Å². The molecule has 1 heterocycles. The van der Waals surface area contributed by atoms with Crippen LogP contribution in [0.1, 0.15) is 43.9 Å².